The van der Waals surface area contributed by atoms with Gasteiger partial charge in [0, 0.05) is 158 Å². The van der Waals surface area contributed by atoms with Crippen molar-refractivity contribution in [2.45, 2.75) is 272 Å². The van der Waals surface area contributed by atoms with Crippen LogP contribution in [0.5, 0.6) is 0 Å². The summed E-state index contributed by atoms with van der Waals surface area (Å²) in [6, 6.07) is 54.9. The second-order valence-electron chi connectivity index (χ2n) is 30.5. The SMILES string of the molecule is CCCCCCCCCCCCCCn1c2ccc3cc2c2cc(ccc21)C#Cc1ccc2c(c1)c1cc(ccc1n2CCCCCCCCCCCCCC)C#Cc1ccc2c(c1)c1cc(ccc1n2CCCCCCCCCCCCCC)C#Cc1ccc2c(c1)c1cc(ccc1n2C)C#C3. The number of hydrogen-bond acceptors (Lipinski definition) is 0. The van der Waals surface area contributed by atoms with Gasteiger partial charge in [-0.3, -0.25) is 0 Å². The summed E-state index contributed by atoms with van der Waals surface area (Å²) in [5, 5.41) is 9.81. The zero-order valence-electron chi connectivity index (χ0n) is 63.2. The van der Waals surface area contributed by atoms with Gasteiger partial charge in [-0.2, -0.15) is 0 Å². The molecule has 0 N–H and O–H groups in total. The van der Waals surface area contributed by atoms with Crippen LogP contribution in [0.4, 0.5) is 0 Å². The van der Waals surface area contributed by atoms with E-state index >= 15 is 0 Å². The van der Waals surface area contributed by atoms with Gasteiger partial charge in [-0.15, -0.1) is 0 Å². The van der Waals surface area contributed by atoms with Crippen molar-refractivity contribution in [2.24, 2.45) is 7.05 Å². The van der Waals surface area contributed by atoms with Gasteiger partial charge >= 0.3 is 0 Å². The molecule has 1 aliphatic carbocycles. The lowest BCUT2D eigenvalue weighted by Gasteiger charge is -2.08. The molecule has 4 heteroatoms. The lowest BCUT2D eigenvalue weighted by atomic mass is 10.0. The fourth-order valence-corrected chi connectivity index (χ4v) is 16.8. The molecule has 0 atom stereocenters. The Morgan fingerprint density at radius 1 is 0.184 bits per heavy atom. The van der Waals surface area contributed by atoms with Crippen molar-refractivity contribution in [1.29, 1.82) is 0 Å². The van der Waals surface area contributed by atoms with Crippen LogP contribution < -0.4 is 0 Å². The van der Waals surface area contributed by atoms with Crippen molar-refractivity contribution in [1.82, 2.24) is 18.3 Å². The lowest BCUT2D eigenvalue weighted by Crippen LogP contribution is -1.98. The molecule has 0 aliphatic heterocycles. The number of rotatable bonds is 39. The van der Waals surface area contributed by atoms with E-state index < -0.39 is 0 Å². The smallest absolute Gasteiger partial charge is 0.0492 e. The van der Waals surface area contributed by atoms with Crippen molar-refractivity contribution >= 4 is 87.2 Å². The predicted octanol–water partition coefficient (Wildman–Crippen LogP) is 27.7. The molecule has 0 saturated heterocycles. The number of aryl methyl sites for hydroxylation is 4. The number of benzene rings is 8. The minimum atomic E-state index is 0.993. The lowest BCUT2D eigenvalue weighted by molar-refractivity contribution is 0.533. The average Bonchev–Trinajstić information content (AvgIpc) is 1.63. The first-order valence-electron chi connectivity index (χ1n) is 41.2. The second kappa shape index (κ2) is 37.1. The first-order valence-corrected chi connectivity index (χ1v) is 41.2. The molecule has 12 aromatic rings. The maximum absolute atomic E-state index is 3.70. The van der Waals surface area contributed by atoms with E-state index in [9.17, 15) is 0 Å². The zero-order valence-corrected chi connectivity index (χ0v) is 63.2. The van der Waals surface area contributed by atoms with E-state index in [0.717, 1.165) is 77.0 Å². The van der Waals surface area contributed by atoms with E-state index in [-0.39, 0.29) is 0 Å². The fourth-order valence-electron chi connectivity index (χ4n) is 16.8. The molecule has 0 radical (unpaired) electrons. The van der Waals surface area contributed by atoms with Crippen molar-refractivity contribution in [2.75, 3.05) is 0 Å². The van der Waals surface area contributed by atoms with Crippen molar-refractivity contribution in [3.8, 4) is 47.4 Å². The van der Waals surface area contributed by atoms with Crippen LogP contribution in [0.3, 0.4) is 0 Å². The van der Waals surface area contributed by atoms with Gasteiger partial charge in [0.1, 0.15) is 0 Å². The van der Waals surface area contributed by atoms with Crippen LogP contribution in [0.25, 0.3) is 87.2 Å². The van der Waals surface area contributed by atoms with Gasteiger partial charge in [0.15, 0.2) is 0 Å². The topological polar surface area (TPSA) is 19.7 Å². The Morgan fingerprint density at radius 3 is 0.505 bits per heavy atom. The fraction of sp³-hybridized carbons (Fsp3) is 0.434. The highest BCUT2D eigenvalue weighted by molar-refractivity contribution is 6.12. The summed E-state index contributed by atoms with van der Waals surface area (Å²) in [6.07, 6.45) is 48.3. The molecule has 4 aromatic heterocycles. The molecule has 0 saturated carbocycles. The average molecular weight is 1360 g/mol. The Kier molecular flexibility index (Phi) is 26.1. The molecule has 4 nitrogen and oxygen atoms in total. The van der Waals surface area contributed by atoms with Crippen LogP contribution in [-0.2, 0) is 26.7 Å². The molecule has 0 spiro atoms. The van der Waals surface area contributed by atoms with Crippen LogP contribution in [0.15, 0.2) is 146 Å². The van der Waals surface area contributed by atoms with E-state index in [1.54, 1.807) is 0 Å². The number of hydrogen-bond donors (Lipinski definition) is 0. The Labute approximate surface area is 617 Å². The van der Waals surface area contributed by atoms with Crippen LogP contribution in [0.2, 0.25) is 0 Å². The summed E-state index contributed by atoms with van der Waals surface area (Å²) in [5.74, 6) is 29.3. The molecule has 16 bridgehead atoms. The number of nitrogens with zero attached hydrogens (tertiary/aromatic N) is 4. The third-order valence-electron chi connectivity index (χ3n) is 22.7. The Balaban J connectivity index is 0.838. The van der Waals surface area contributed by atoms with Gasteiger partial charge in [0.05, 0.1) is 0 Å². The summed E-state index contributed by atoms with van der Waals surface area (Å²) in [7, 11) is 2.17. The van der Waals surface area contributed by atoms with Gasteiger partial charge < -0.3 is 18.3 Å². The van der Waals surface area contributed by atoms with Crippen LogP contribution in [0.1, 0.15) is 296 Å². The molecule has 1 aliphatic rings. The number of fused-ring (bicyclic) bond motifs is 8. The van der Waals surface area contributed by atoms with E-state index in [0.29, 0.717) is 0 Å². The summed E-state index contributed by atoms with van der Waals surface area (Å²) in [5.41, 5.74) is 18.1. The molecule has 8 aromatic carbocycles. The molecule has 13 rings (SSSR count). The quantitative estimate of drug-likeness (QED) is 0.0270. The van der Waals surface area contributed by atoms with Gasteiger partial charge in [0.25, 0.3) is 0 Å². The molecule has 103 heavy (non-hydrogen) atoms. The molecular weight excluding hydrogens is 1250 g/mol. The first-order chi connectivity index (χ1) is 50.9. The van der Waals surface area contributed by atoms with Gasteiger partial charge in [-0.05, 0) is 165 Å². The molecule has 0 amide bonds. The largest absolute Gasteiger partial charge is 0.344 e. The number of aromatic nitrogens is 4. The van der Waals surface area contributed by atoms with E-state index in [1.165, 1.54) is 306 Å². The van der Waals surface area contributed by atoms with E-state index in [4.69, 9.17) is 0 Å². The minimum Gasteiger partial charge on any atom is -0.344 e. The summed E-state index contributed by atoms with van der Waals surface area (Å²) in [6.45, 7) is 9.90. The van der Waals surface area contributed by atoms with Crippen LogP contribution in [-0.4, -0.2) is 18.3 Å². The van der Waals surface area contributed by atoms with Crippen molar-refractivity contribution in [3.05, 3.63) is 190 Å². The highest BCUT2D eigenvalue weighted by atomic mass is 15.0. The van der Waals surface area contributed by atoms with Crippen molar-refractivity contribution < 1.29 is 0 Å². The van der Waals surface area contributed by atoms with Crippen molar-refractivity contribution in [3.63, 3.8) is 0 Å². The summed E-state index contributed by atoms with van der Waals surface area (Å²) >= 11 is 0. The predicted molar refractivity (Wildman–Crippen MR) is 446 cm³/mol. The molecule has 0 unspecified atom stereocenters. The van der Waals surface area contributed by atoms with Gasteiger partial charge in [-0.1, -0.05) is 280 Å². The van der Waals surface area contributed by atoms with E-state index in [2.05, 4.69) is 239 Å². The Bertz CT molecular complexity index is 4830. The minimum absolute atomic E-state index is 0.993. The van der Waals surface area contributed by atoms with Crippen LogP contribution in [0, 0.1) is 47.4 Å². The number of unbranched alkanes of at least 4 members (excludes halogenated alkanes) is 33. The Morgan fingerprint density at radius 2 is 0.330 bits per heavy atom. The Hall–Kier alpha value is -8.80. The maximum atomic E-state index is 3.70. The summed E-state index contributed by atoms with van der Waals surface area (Å²) < 4.78 is 10.0. The third kappa shape index (κ3) is 18.4. The molecular formula is C99H114N4. The second-order valence-corrected chi connectivity index (χ2v) is 30.5. The van der Waals surface area contributed by atoms with E-state index in [1.807, 2.05) is 0 Å². The molecule has 4 heterocycles. The van der Waals surface area contributed by atoms with Gasteiger partial charge in [0.2, 0.25) is 0 Å². The third-order valence-corrected chi connectivity index (χ3v) is 22.7. The molecule has 530 valence electrons. The first kappa shape index (κ1) is 72.5. The van der Waals surface area contributed by atoms with Gasteiger partial charge in [-0.25, -0.2) is 0 Å². The molecule has 0 fully saturated rings. The highest BCUT2D eigenvalue weighted by Crippen LogP contribution is 2.37. The highest BCUT2D eigenvalue weighted by Gasteiger charge is 2.17. The normalized spacial score (nSPS) is 12.0. The van der Waals surface area contributed by atoms with Crippen LogP contribution >= 0.6 is 0 Å². The monoisotopic (exact) mass is 1360 g/mol. The summed E-state index contributed by atoms with van der Waals surface area (Å²) in [4.78, 5) is 0. The standard InChI is InChI=1S/C99H114N4/c1-5-8-11-14-17-20-23-26-29-32-35-38-65-101-94-59-51-78-43-41-76-49-57-92-84(68-76)85-69-77(50-58-93(85)100(92)4)42-44-79-52-60-95-87(71-79)89-73-81(54-62-97(89)102(95)66-39-36-33-30-27-24-21-18-15-12-9-6-2)46-48-83-56-64-99-91(75-83)90-74-82(47-45-80-53-61-96(101)88(72-80)86(94)70-78)55-63-98(90)103(99)67-40-37-34-31-28-25-22-19-16-13-10-7-3/h49-64,68-75H,5-40,65-67H2,1-4H3. The zero-order chi connectivity index (χ0) is 70.4. The maximum Gasteiger partial charge on any atom is 0.0492 e.